The van der Waals surface area contributed by atoms with Gasteiger partial charge < -0.3 is 24.4 Å². The highest BCUT2D eigenvalue weighted by Gasteiger charge is 2.13. The van der Waals surface area contributed by atoms with Crippen molar-refractivity contribution >= 4 is 5.91 Å². The van der Waals surface area contributed by atoms with Gasteiger partial charge in [0, 0.05) is 44.4 Å². The molecule has 152 valence electrons. The van der Waals surface area contributed by atoms with Gasteiger partial charge in [-0.2, -0.15) is 0 Å². The van der Waals surface area contributed by atoms with E-state index < -0.39 is 0 Å². The number of aromatic nitrogens is 1. The van der Waals surface area contributed by atoms with Crippen LogP contribution in [0.4, 0.5) is 4.39 Å². The summed E-state index contributed by atoms with van der Waals surface area (Å²) >= 11 is 0. The van der Waals surface area contributed by atoms with Crippen LogP contribution in [0.5, 0.6) is 0 Å². The summed E-state index contributed by atoms with van der Waals surface area (Å²) in [4.78, 5) is 16.6. The average molecular weight is 390 g/mol. The van der Waals surface area contributed by atoms with Crippen molar-refractivity contribution < 1.29 is 18.4 Å². The summed E-state index contributed by atoms with van der Waals surface area (Å²) in [5.74, 6) is 0.0916. The second-order valence-electron chi connectivity index (χ2n) is 7.03. The molecule has 1 amide bonds. The number of carbonyl (C=O) groups is 1. The van der Waals surface area contributed by atoms with E-state index in [0.717, 1.165) is 44.7 Å². The summed E-state index contributed by atoms with van der Waals surface area (Å²) in [6, 6.07) is 7.69. The second-order valence-corrected chi connectivity index (χ2v) is 7.03. The monoisotopic (exact) mass is 390 g/mol. The molecular weight excluding hydrogens is 363 g/mol. The molecule has 1 aliphatic heterocycles. The zero-order chi connectivity index (χ0) is 19.8. The molecule has 0 atom stereocenters. The van der Waals surface area contributed by atoms with Crippen molar-refractivity contribution in [2.45, 2.75) is 13.0 Å². The predicted octanol–water partition coefficient (Wildman–Crippen LogP) is 1.75. The van der Waals surface area contributed by atoms with Crippen molar-refractivity contribution in [3.8, 4) is 11.3 Å². The Morgan fingerprint density at radius 2 is 2.00 bits per heavy atom. The molecule has 0 spiro atoms. The summed E-state index contributed by atoms with van der Waals surface area (Å²) in [5, 5.41) is 6.78. The summed E-state index contributed by atoms with van der Waals surface area (Å²) in [6.07, 6.45) is 0.930. The average Bonchev–Trinajstić information content (AvgIpc) is 3.16. The van der Waals surface area contributed by atoms with Crippen molar-refractivity contribution in [1.82, 2.24) is 20.3 Å². The number of hydrogen-bond acceptors (Lipinski definition) is 6. The van der Waals surface area contributed by atoms with Gasteiger partial charge in [-0.3, -0.25) is 4.79 Å². The Bertz CT molecular complexity index is 742. The lowest BCUT2D eigenvalue weighted by Crippen LogP contribution is -2.45. The molecule has 1 aliphatic rings. The highest BCUT2D eigenvalue weighted by molar-refractivity contribution is 5.77. The number of carbonyl (C=O) groups excluding carboxylic acids is 1. The van der Waals surface area contributed by atoms with E-state index in [2.05, 4.69) is 27.3 Å². The van der Waals surface area contributed by atoms with Gasteiger partial charge in [-0.1, -0.05) is 5.16 Å². The molecule has 3 rings (SSSR count). The van der Waals surface area contributed by atoms with Crippen LogP contribution in [0, 0.1) is 5.82 Å². The number of halogens is 1. The molecule has 2 aromatic rings. The van der Waals surface area contributed by atoms with Gasteiger partial charge in [0.2, 0.25) is 5.91 Å². The number of rotatable bonds is 9. The molecule has 1 aromatic heterocycles. The zero-order valence-electron chi connectivity index (χ0n) is 16.2. The van der Waals surface area contributed by atoms with Crippen molar-refractivity contribution in [2.24, 2.45) is 0 Å². The number of piperazine rings is 1. The van der Waals surface area contributed by atoms with Gasteiger partial charge >= 0.3 is 0 Å². The first-order valence-electron chi connectivity index (χ1n) is 9.57. The topological polar surface area (TPSA) is 70.8 Å². The normalized spacial score (nSPS) is 15.6. The maximum atomic E-state index is 13.0. The molecule has 0 bridgehead atoms. The van der Waals surface area contributed by atoms with Gasteiger partial charge in [-0.25, -0.2) is 4.39 Å². The van der Waals surface area contributed by atoms with Crippen LogP contribution in [-0.4, -0.2) is 73.8 Å². The first-order valence-corrected chi connectivity index (χ1v) is 9.57. The smallest absolute Gasteiger partial charge is 0.246 e. The fourth-order valence-corrected chi connectivity index (χ4v) is 3.03. The Morgan fingerprint density at radius 3 is 2.75 bits per heavy atom. The lowest BCUT2D eigenvalue weighted by atomic mass is 10.1. The predicted molar refractivity (Wildman–Crippen MR) is 103 cm³/mol. The van der Waals surface area contributed by atoms with Crippen LogP contribution in [0.25, 0.3) is 11.3 Å². The molecule has 1 aromatic carbocycles. The van der Waals surface area contributed by atoms with E-state index in [1.165, 1.54) is 12.1 Å². The molecule has 2 heterocycles. The lowest BCUT2D eigenvalue weighted by molar-refractivity contribution is -0.126. The number of hydrogen-bond donors (Lipinski definition) is 1. The van der Waals surface area contributed by atoms with Crippen LogP contribution in [-0.2, 0) is 16.1 Å². The van der Waals surface area contributed by atoms with E-state index in [0.29, 0.717) is 18.0 Å². The van der Waals surface area contributed by atoms with Gasteiger partial charge in [-0.15, -0.1) is 0 Å². The van der Waals surface area contributed by atoms with Gasteiger partial charge in [0.05, 0.1) is 6.61 Å². The molecular formula is C20H27FN4O3. The number of likely N-dealkylation sites (N-methyl/N-ethyl adjacent to an activating group) is 1. The third kappa shape index (κ3) is 6.40. The minimum Gasteiger partial charge on any atom is -0.365 e. The fourth-order valence-electron chi connectivity index (χ4n) is 3.03. The maximum Gasteiger partial charge on any atom is 0.246 e. The largest absolute Gasteiger partial charge is 0.365 e. The third-order valence-corrected chi connectivity index (χ3v) is 4.74. The highest BCUT2D eigenvalue weighted by atomic mass is 19.1. The SMILES string of the molecule is CN1CCN(CCCNC(=O)COCc2cc(-c3ccc(F)cc3)on2)CC1. The van der Waals surface area contributed by atoms with Gasteiger partial charge in [0.15, 0.2) is 5.76 Å². The molecule has 1 saturated heterocycles. The molecule has 0 aliphatic carbocycles. The molecule has 0 unspecified atom stereocenters. The van der Waals surface area contributed by atoms with Crippen molar-refractivity contribution in [2.75, 3.05) is 52.9 Å². The van der Waals surface area contributed by atoms with E-state index in [-0.39, 0.29) is 24.9 Å². The van der Waals surface area contributed by atoms with Gasteiger partial charge in [0.1, 0.15) is 18.1 Å². The van der Waals surface area contributed by atoms with Crippen molar-refractivity contribution in [1.29, 1.82) is 0 Å². The van der Waals surface area contributed by atoms with Crippen LogP contribution >= 0.6 is 0 Å². The number of benzene rings is 1. The third-order valence-electron chi connectivity index (χ3n) is 4.74. The van der Waals surface area contributed by atoms with Crippen LogP contribution in [0.1, 0.15) is 12.1 Å². The molecule has 8 heteroatoms. The summed E-state index contributed by atoms with van der Waals surface area (Å²) in [7, 11) is 2.14. The molecule has 1 N–H and O–H groups in total. The maximum absolute atomic E-state index is 13.0. The van der Waals surface area contributed by atoms with Crippen LogP contribution in [0.3, 0.4) is 0 Å². The van der Waals surface area contributed by atoms with E-state index in [1.54, 1.807) is 18.2 Å². The standard InChI is InChI=1S/C20H27FN4O3/c1-24-9-11-25(12-10-24)8-2-7-22-20(26)15-27-14-18-13-19(28-23-18)16-3-5-17(21)6-4-16/h3-6,13H,2,7-12,14-15H2,1H3,(H,22,26). The van der Waals surface area contributed by atoms with Gasteiger partial charge in [-0.05, 0) is 44.3 Å². The first-order chi connectivity index (χ1) is 13.6. The molecule has 1 fully saturated rings. The quantitative estimate of drug-likeness (QED) is 0.658. The van der Waals surface area contributed by atoms with E-state index >= 15 is 0 Å². The Hall–Kier alpha value is -2.29. The number of nitrogens with one attached hydrogen (secondary N) is 1. The van der Waals surface area contributed by atoms with E-state index in [1.807, 2.05) is 0 Å². The molecule has 0 radical (unpaired) electrons. The first kappa shape index (κ1) is 20.4. The van der Waals surface area contributed by atoms with E-state index in [9.17, 15) is 9.18 Å². The van der Waals surface area contributed by atoms with Crippen molar-refractivity contribution in [3.63, 3.8) is 0 Å². The number of ether oxygens (including phenoxy) is 1. The zero-order valence-corrected chi connectivity index (χ0v) is 16.2. The minimum absolute atomic E-state index is 0.0206. The number of nitrogens with zero attached hydrogens (tertiary/aromatic N) is 3. The Morgan fingerprint density at radius 1 is 1.25 bits per heavy atom. The molecule has 7 nitrogen and oxygen atoms in total. The van der Waals surface area contributed by atoms with Crippen LogP contribution < -0.4 is 5.32 Å². The Balaban J connectivity index is 1.28. The Labute approximate surface area is 164 Å². The lowest BCUT2D eigenvalue weighted by Gasteiger charge is -2.32. The summed E-state index contributed by atoms with van der Waals surface area (Å²) < 4.78 is 23.6. The van der Waals surface area contributed by atoms with E-state index in [4.69, 9.17) is 9.26 Å². The number of amides is 1. The summed E-state index contributed by atoms with van der Waals surface area (Å²) in [6.45, 7) is 6.19. The molecule has 0 saturated carbocycles. The molecule has 28 heavy (non-hydrogen) atoms. The minimum atomic E-state index is -0.304. The fraction of sp³-hybridized carbons (Fsp3) is 0.500. The Kier molecular flexibility index (Phi) is 7.53. The second kappa shape index (κ2) is 10.3. The van der Waals surface area contributed by atoms with Crippen LogP contribution in [0.2, 0.25) is 0 Å². The van der Waals surface area contributed by atoms with Crippen molar-refractivity contribution in [3.05, 3.63) is 41.8 Å². The highest BCUT2D eigenvalue weighted by Crippen LogP contribution is 2.20. The van der Waals surface area contributed by atoms with Crippen LogP contribution in [0.15, 0.2) is 34.9 Å². The van der Waals surface area contributed by atoms with Gasteiger partial charge in [0.25, 0.3) is 0 Å². The summed E-state index contributed by atoms with van der Waals surface area (Å²) in [5.41, 5.74) is 1.32.